The van der Waals surface area contributed by atoms with Crippen molar-refractivity contribution in [1.29, 1.82) is 0 Å². The number of nitrogens with one attached hydrogen (secondary N) is 1. The number of amides is 1. The van der Waals surface area contributed by atoms with Gasteiger partial charge in [0.25, 0.3) is 5.91 Å². The highest BCUT2D eigenvalue weighted by molar-refractivity contribution is 7.17. The molecule has 3 aromatic rings. The van der Waals surface area contributed by atoms with Gasteiger partial charge in [-0.25, -0.2) is 4.98 Å². The summed E-state index contributed by atoms with van der Waals surface area (Å²) in [5, 5.41) is 8.06. The molecule has 0 aliphatic carbocycles. The van der Waals surface area contributed by atoms with Gasteiger partial charge in [0.2, 0.25) is 0 Å². The number of hydrogen-bond donors (Lipinski definition) is 2. The molecule has 0 fully saturated rings. The van der Waals surface area contributed by atoms with E-state index in [4.69, 9.17) is 5.73 Å². The van der Waals surface area contributed by atoms with Gasteiger partial charge in [0.15, 0.2) is 5.13 Å². The van der Waals surface area contributed by atoms with E-state index in [2.05, 4.69) is 46.4 Å². The Morgan fingerprint density at radius 3 is 2.72 bits per heavy atom. The van der Waals surface area contributed by atoms with Gasteiger partial charge in [0, 0.05) is 36.3 Å². The van der Waals surface area contributed by atoms with Crippen molar-refractivity contribution in [1.82, 2.24) is 20.1 Å². The van der Waals surface area contributed by atoms with Crippen LogP contribution in [0.25, 0.3) is 11.3 Å². The number of aromatic amines is 1. The summed E-state index contributed by atoms with van der Waals surface area (Å²) in [5.74, 6) is -0.00611. The Hall–Kier alpha value is -2.67. The Balaban J connectivity index is 1.64. The van der Waals surface area contributed by atoms with Gasteiger partial charge in [-0.2, -0.15) is 5.10 Å². The zero-order valence-corrected chi connectivity index (χ0v) is 15.0. The second kappa shape index (κ2) is 6.00. The van der Waals surface area contributed by atoms with Crippen molar-refractivity contribution in [2.45, 2.75) is 26.8 Å². The summed E-state index contributed by atoms with van der Waals surface area (Å²) in [4.78, 5) is 19.5. The van der Waals surface area contributed by atoms with Crippen LogP contribution >= 0.6 is 11.3 Å². The number of aryl methyl sites for hydroxylation is 2. The third-order valence-electron chi connectivity index (χ3n) is 4.55. The molecule has 2 aromatic heterocycles. The standard InChI is InChI=1S/C18H19N5OS/c1-10-3-5-12(6-4-10)15-13-9-23(8-7-14(13)21-22-15)17(24)16-11(2)20-18(19)25-16/h3-6H,7-9H2,1-2H3,(H2,19,20)(H,21,22). The van der Waals surface area contributed by atoms with E-state index in [-0.39, 0.29) is 5.91 Å². The quantitative estimate of drug-likeness (QED) is 0.741. The summed E-state index contributed by atoms with van der Waals surface area (Å²) in [6, 6.07) is 8.29. The highest BCUT2D eigenvalue weighted by atomic mass is 32.1. The van der Waals surface area contributed by atoms with Crippen molar-refractivity contribution in [3.63, 3.8) is 0 Å². The monoisotopic (exact) mass is 353 g/mol. The van der Waals surface area contributed by atoms with Gasteiger partial charge in [-0.15, -0.1) is 0 Å². The first-order valence-corrected chi connectivity index (χ1v) is 9.00. The second-order valence-corrected chi connectivity index (χ2v) is 7.37. The molecular formula is C18H19N5OS. The average molecular weight is 353 g/mol. The van der Waals surface area contributed by atoms with E-state index in [9.17, 15) is 4.79 Å². The van der Waals surface area contributed by atoms with Crippen LogP contribution in [0.5, 0.6) is 0 Å². The number of carbonyl (C=O) groups excluding carboxylic acids is 1. The zero-order valence-electron chi connectivity index (χ0n) is 14.2. The Morgan fingerprint density at radius 1 is 1.28 bits per heavy atom. The molecule has 0 bridgehead atoms. The average Bonchev–Trinajstić information content (AvgIpc) is 3.17. The van der Waals surface area contributed by atoms with Crippen LogP contribution in [0.3, 0.4) is 0 Å². The molecule has 3 N–H and O–H groups in total. The number of anilines is 1. The molecule has 6 nitrogen and oxygen atoms in total. The predicted molar refractivity (Wildman–Crippen MR) is 98.5 cm³/mol. The maximum absolute atomic E-state index is 12.9. The molecule has 1 aliphatic heterocycles. The number of carbonyl (C=O) groups is 1. The number of nitrogens with two attached hydrogens (primary N) is 1. The van der Waals surface area contributed by atoms with E-state index in [0.29, 0.717) is 28.8 Å². The zero-order chi connectivity index (χ0) is 17.6. The summed E-state index contributed by atoms with van der Waals surface area (Å²) < 4.78 is 0. The van der Waals surface area contributed by atoms with Gasteiger partial charge < -0.3 is 10.6 Å². The van der Waals surface area contributed by atoms with Gasteiger partial charge >= 0.3 is 0 Å². The van der Waals surface area contributed by atoms with Gasteiger partial charge in [0.05, 0.1) is 11.4 Å². The van der Waals surface area contributed by atoms with Crippen molar-refractivity contribution < 1.29 is 4.79 Å². The van der Waals surface area contributed by atoms with Crippen LogP contribution in [0.4, 0.5) is 5.13 Å². The second-order valence-electron chi connectivity index (χ2n) is 6.34. The number of hydrogen-bond acceptors (Lipinski definition) is 5. The first kappa shape index (κ1) is 15.8. The summed E-state index contributed by atoms with van der Waals surface area (Å²) in [7, 11) is 0. The van der Waals surface area contributed by atoms with E-state index < -0.39 is 0 Å². The van der Waals surface area contributed by atoms with Crippen LogP contribution in [0.1, 0.15) is 32.2 Å². The molecule has 0 saturated carbocycles. The van der Waals surface area contributed by atoms with Gasteiger partial charge in [0.1, 0.15) is 4.88 Å². The number of thiazole rings is 1. The fourth-order valence-electron chi connectivity index (χ4n) is 3.18. The van der Waals surface area contributed by atoms with Crippen molar-refractivity contribution in [2.24, 2.45) is 0 Å². The summed E-state index contributed by atoms with van der Waals surface area (Å²) in [5.41, 5.74) is 11.8. The van der Waals surface area contributed by atoms with Crippen LogP contribution in [0, 0.1) is 13.8 Å². The van der Waals surface area contributed by atoms with E-state index in [1.807, 2.05) is 11.8 Å². The fourth-order valence-corrected chi connectivity index (χ4v) is 3.98. The van der Waals surface area contributed by atoms with Crippen LogP contribution in [0.2, 0.25) is 0 Å². The number of nitrogen functional groups attached to an aromatic ring is 1. The third-order valence-corrected chi connectivity index (χ3v) is 5.53. The van der Waals surface area contributed by atoms with Crippen molar-refractivity contribution in [3.8, 4) is 11.3 Å². The van der Waals surface area contributed by atoms with Crippen LogP contribution in [-0.4, -0.2) is 32.5 Å². The molecule has 0 atom stereocenters. The van der Waals surface area contributed by atoms with Crippen molar-refractivity contribution >= 4 is 22.4 Å². The van der Waals surface area contributed by atoms with Gasteiger partial charge in [-0.05, 0) is 13.8 Å². The topological polar surface area (TPSA) is 87.9 Å². The van der Waals surface area contributed by atoms with Crippen LogP contribution in [0.15, 0.2) is 24.3 Å². The lowest BCUT2D eigenvalue weighted by Crippen LogP contribution is -2.35. The molecule has 128 valence electrons. The fraction of sp³-hybridized carbons (Fsp3) is 0.278. The lowest BCUT2D eigenvalue weighted by atomic mass is 10.00. The molecule has 0 saturated heterocycles. The minimum absolute atomic E-state index is 0.00611. The molecular weight excluding hydrogens is 334 g/mol. The molecule has 1 amide bonds. The Kier molecular flexibility index (Phi) is 3.80. The highest BCUT2D eigenvalue weighted by Gasteiger charge is 2.28. The normalized spacial score (nSPS) is 13.8. The molecule has 0 radical (unpaired) electrons. The molecule has 4 rings (SSSR count). The molecule has 1 aromatic carbocycles. The molecule has 0 unspecified atom stereocenters. The number of nitrogens with zero attached hydrogens (tertiary/aromatic N) is 3. The van der Waals surface area contributed by atoms with E-state index in [1.54, 1.807) is 0 Å². The molecule has 1 aliphatic rings. The first-order valence-electron chi connectivity index (χ1n) is 8.18. The lowest BCUT2D eigenvalue weighted by molar-refractivity contribution is 0.0738. The van der Waals surface area contributed by atoms with E-state index in [1.165, 1.54) is 16.9 Å². The summed E-state index contributed by atoms with van der Waals surface area (Å²) in [6.45, 7) is 5.10. The van der Waals surface area contributed by atoms with Gasteiger partial charge in [-0.3, -0.25) is 9.89 Å². The van der Waals surface area contributed by atoms with Crippen molar-refractivity contribution in [3.05, 3.63) is 51.7 Å². The SMILES string of the molecule is Cc1ccc(-c2n[nH]c3c2CN(C(=O)c2sc(N)nc2C)CC3)cc1. The maximum atomic E-state index is 12.9. The number of fused-ring (bicyclic) bond motifs is 1. The predicted octanol–water partition coefficient (Wildman–Crippen LogP) is 2.93. The number of rotatable bonds is 2. The summed E-state index contributed by atoms with van der Waals surface area (Å²) in [6.07, 6.45) is 0.771. The minimum Gasteiger partial charge on any atom is -0.375 e. The number of benzene rings is 1. The van der Waals surface area contributed by atoms with Crippen LogP contribution in [-0.2, 0) is 13.0 Å². The van der Waals surface area contributed by atoms with Crippen LogP contribution < -0.4 is 5.73 Å². The molecule has 7 heteroatoms. The van der Waals surface area contributed by atoms with Crippen molar-refractivity contribution in [2.75, 3.05) is 12.3 Å². The lowest BCUT2D eigenvalue weighted by Gasteiger charge is -2.27. The molecule has 0 spiro atoms. The molecule has 25 heavy (non-hydrogen) atoms. The summed E-state index contributed by atoms with van der Waals surface area (Å²) >= 11 is 1.25. The Morgan fingerprint density at radius 2 is 2.04 bits per heavy atom. The smallest absolute Gasteiger partial charge is 0.266 e. The van der Waals surface area contributed by atoms with E-state index in [0.717, 1.165) is 28.9 Å². The number of H-pyrrole nitrogens is 1. The largest absolute Gasteiger partial charge is 0.375 e. The van der Waals surface area contributed by atoms with Gasteiger partial charge in [-0.1, -0.05) is 41.2 Å². The Labute approximate surface area is 149 Å². The Bertz CT molecular complexity index is 941. The molecule has 3 heterocycles. The number of aromatic nitrogens is 3. The third kappa shape index (κ3) is 2.80. The maximum Gasteiger partial charge on any atom is 0.266 e. The first-order chi connectivity index (χ1) is 12.0. The highest BCUT2D eigenvalue weighted by Crippen LogP contribution is 2.30. The van der Waals surface area contributed by atoms with E-state index >= 15 is 0 Å². The minimum atomic E-state index is -0.00611.